The van der Waals surface area contributed by atoms with E-state index in [4.69, 9.17) is 0 Å². The van der Waals surface area contributed by atoms with Crippen LogP contribution in [-0.4, -0.2) is 41.1 Å². The minimum atomic E-state index is -0.948. The number of aliphatic hydroxyl groups excluding tert-OH is 1. The molecule has 1 aromatic rings. The monoisotopic (exact) mass is 266 g/mol. The van der Waals surface area contributed by atoms with Gasteiger partial charge in [0.2, 0.25) is 0 Å². The van der Waals surface area contributed by atoms with Crippen LogP contribution in [0, 0.1) is 5.82 Å². The zero-order valence-corrected chi connectivity index (χ0v) is 11.0. The molecule has 1 fully saturated rings. The molecule has 5 heteroatoms. The lowest BCUT2D eigenvalue weighted by molar-refractivity contribution is -0.140. The molecular weight excluding hydrogens is 247 g/mol. The fourth-order valence-corrected chi connectivity index (χ4v) is 2.31. The van der Waals surface area contributed by atoms with Gasteiger partial charge in [-0.05, 0) is 31.9 Å². The van der Waals surface area contributed by atoms with E-state index in [2.05, 4.69) is 5.32 Å². The van der Waals surface area contributed by atoms with Crippen molar-refractivity contribution >= 4 is 11.6 Å². The van der Waals surface area contributed by atoms with Gasteiger partial charge in [0.05, 0.1) is 5.69 Å². The molecule has 1 heterocycles. The van der Waals surface area contributed by atoms with E-state index in [9.17, 15) is 14.3 Å². The van der Waals surface area contributed by atoms with Crippen LogP contribution in [0.25, 0.3) is 0 Å². The van der Waals surface area contributed by atoms with Crippen molar-refractivity contribution in [2.75, 3.05) is 18.4 Å². The number of aliphatic hydroxyl groups is 1. The van der Waals surface area contributed by atoms with Gasteiger partial charge in [-0.1, -0.05) is 12.1 Å². The predicted octanol–water partition coefficient (Wildman–Crippen LogP) is 1.61. The number of hydrogen-bond acceptors (Lipinski definition) is 3. The van der Waals surface area contributed by atoms with Crippen molar-refractivity contribution in [1.82, 2.24) is 4.90 Å². The molecule has 104 valence electrons. The van der Waals surface area contributed by atoms with E-state index in [1.165, 1.54) is 13.0 Å². The number of halogens is 1. The smallest absolute Gasteiger partial charge is 0.251 e. The Bertz CT molecular complexity index is 443. The molecule has 1 aliphatic rings. The topological polar surface area (TPSA) is 52.6 Å². The number of nitrogens with zero attached hydrogens (tertiary/aromatic N) is 1. The molecule has 0 saturated carbocycles. The number of benzene rings is 1. The van der Waals surface area contributed by atoms with Gasteiger partial charge in [-0.3, -0.25) is 4.79 Å². The summed E-state index contributed by atoms with van der Waals surface area (Å²) in [6, 6.07) is 6.74. The van der Waals surface area contributed by atoms with E-state index in [1.807, 2.05) is 0 Å². The summed E-state index contributed by atoms with van der Waals surface area (Å²) in [6.45, 7) is 2.66. The SMILES string of the molecule is CC(O)C(=O)N1CCC(Nc2ccccc2F)CC1. The van der Waals surface area contributed by atoms with E-state index in [1.54, 1.807) is 23.1 Å². The molecule has 4 nitrogen and oxygen atoms in total. The van der Waals surface area contributed by atoms with Crippen LogP contribution in [-0.2, 0) is 4.79 Å². The Labute approximate surface area is 112 Å². The molecule has 0 bridgehead atoms. The fraction of sp³-hybridized carbons (Fsp3) is 0.500. The third-order valence-electron chi connectivity index (χ3n) is 3.40. The molecule has 0 spiro atoms. The number of amides is 1. The molecule has 2 rings (SSSR count). The number of carbonyl (C=O) groups excluding carboxylic acids is 1. The minimum absolute atomic E-state index is 0.162. The summed E-state index contributed by atoms with van der Waals surface area (Å²) < 4.78 is 13.5. The second-order valence-electron chi connectivity index (χ2n) is 4.90. The maximum atomic E-state index is 13.5. The third kappa shape index (κ3) is 3.44. The molecule has 0 aliphatic carbocycles. The standard InChI is InChI=1S/C14H19FN2O2/c1-10(18)14(19)17-8-6-11(7-9-17)16-13-5-3-2-4-12(13)15/h2-5,10-11,16,18H,6-9H2,1H3. The van der Waals surface area contributed by atoms with Crippen LogP contribution in [0.1, 0.15) is 19.8 Å². The molecule has 0 aromatic heterocycles. The molecule has 1 aromatic carbocycles. The second-order valence-corrected chi connectivity index (χ2v) is 4.90. The average molecular weight is 266 g/mol. The van der Waals surface area contributed by atoms with Crippen LogP contribution in [0.15, 0.2) is 24.3 Å². The van der Waals surface area contributed by atoms with E-state index in [0.29, 0.717) is 18.8 Å². The van der Waals surface area contributed by atoms with Crippen LogP contribution >= 0.6 is 0 Å². The highest BCUT2D eigenvalue weighted by atomic mass is 19.1. The van der Waals surface area contributed by atoms with Gasteiger partial charge in [0.1, 0.15) is 11.9 Å². The molecule has 2 N–H and O–H groups in total. The van der Waals surface area contributed by atoms with Crippen LogP contribution in [0.5, 0.6) is 0 Å². The van der Waals surface area contributed by atoms with Gasteiger partial charge >= 0.3 is 0 Å². The molecule has 19 heavy (non-hydrogen) atoms. The first-order valence-electron chi connectivity index (χ1n) is 6.56. The zero-order valence-electron chi connectivity index (χ0n) is 11.0. The summed E-state index contributed by atoms with van der Waals surface area (Å²) in [6.07, 6.45) is 0.565. The quantitative estimate of drug-likeness (QED) is 0.874. The highest BCUT2D eigenvalue weighted by Crippen LogP contribution is 2.19. The normalized spacial score (nSPS) is 18.2. The van der Waals surface area contributed by atoms with Crippen LogP contribution in [0.3, 0.4) is 0 Å². The van der Waals surface area contributed by atoms with Crippen molar-refractivity contribution in [3.63, 3.8) is 0 Å². The van der Waals surface area contributed by atoms with Crippen molar-refractivity contribution in [2.45, 2.75) is 31.9 Å². The molecule has 1 aliphatic heterocycles. The first-order chi connectivity index (χ1) is 9.08. The van der Waals surface area contributed by atoms with Gasteiger partial charge in [0.25, 0.3) is 5.91 Å². The fourth-order valence-electron chi connectivity index (χ4n) is 2.31. The third-order valence-corrected chi connectivity index (χ3v) is 3.40. The Kier molecular flexibility index (Phi) is 4.37. The van der Waals surface area contributed by atoms with Crippen molar-refractivity contribution in [1.29, 1.82) is 0 Å². The van der Waals surface area contributed by atoms with Crippen LogP contribution in [0.4, 0.5) is 10.1 Å². The summed E-state index contributed by atoms with van der Waals surface area (Å²) in [7, 11) is 0. The maximum Gasteiger partial charge on any atom is 0.251 e. The Balaban J connectivity index is 1.87. The lowest BCUT2D eigenvalue weighted by Crippen LogP contribution is -2.45. The minimum Gasteiger partial charge on any atom is -0.384 e. The molecule has 1 atom stereocenters. The summed E-state index contributed by atoms with van der Waals surface area (Å²) in [4.78, 5) is 13.3. The predicted molar refractivity (Wildman–Crippen MR) is 71.3 cm³/mol. The van der Waals surface area contributed by atoms with Crippen LogP contribution < -0.4 is 5.32 Å². The van der Waals surface area contributed by atoms with Gasteiger partial charge < -0.3 is 15.3 Å². The number of piperidine rings is 1. The number of carbonyl (C=O) groups is 1. The summed E-state index contributed by atoms with van der Waals surface area (Å²) in [5.74, 6) is -0.491. The zero-order chi connectivity index (χ0) is 13.8. The van der Waals surface area contributed by atoms with Crippen LogP contribution in [0.2, 0.25) is 0 Å². The van der Waals surface area contributed by atoms with Gasteiger partial charge in [-0.25, -0.2) is 4.39 Å². The Morgan fingerprint density at radius 2 is 2.05 bits per heavy atom. The van der Waals surface area contributed by atoms with Crippen molar-refractivity contribution in [2.24, 2.45) is 0 Å². The number of hydrogen-bond donors (Lipinski definition) is 2. The van der Waals surface area contributed by atoms with Gasteiger partial charge in [0.15, 0.2) is 0 Å². The lowest BCUT2D eigenvalue weighted by Gasteiger charge is -2.33. The number of likely N-dealkylation sites (tertiary alicyclic amines) is 1. The number of rotatable bonds is 3. The van der Waals surface area contributed by atoms with E-state index in [0.717, 1.165) is 12.8 Å². The molecule has 0 radical (unpaired) electrons. The first kappa shape index (κ1) is 13.8. The average Bonchev–Trinajstić information content (AvgIpc) is 2.41. The Hall–Kier alpha value is -1.62. The molecule has 1 amide bonds. The number of anilines is 1. The number of nitrogens with one attached hydrogen (secondary N) is 1. The Morgan fingerprint density at radius 3 is 2.63 bits per heavy atom. The second kappa shape index (κ2) is 6.02. The molecular formula is C14H19FN2O2. The summed E-state index contributed by atoms with van der Waals surface area (Å²) >= 11 is 0. The highest BCUT2D eigenvalue weighted by Gasteiger charge is 2.25. The summed E-state index contributed by atoms with van der Waals surface area (Å²) in [5, 5.41) is 12.4. The lowest BCUT2D eigenvalue weighted by atomic mass is 10.0. The van der Waals surface area contributed by atoms with Crippen molar-refractivity contribution in [3.8, 4) is 0 Å². The molecule has 1 saturated heterocycles. The molecule has 1 unspecified atom stereocenters. The highest BCUT2D eigenvalue weighted by molar-refractivity contribution is 5.80. The van der Waals surface area contributed by atoms with E-state index in [-0.39, 0.29) is 17.8 Å². The van der Waals surface area contributed by atoms with E-state index >= 15 is 0 Å². The first-order valence-corrected chi connectivity index (χ1v) is 6.56. The Morgan fingerprint density at radius 1 is 1.42 bits per heavy atom. The largest absolute Gasteiger partial charge is 0.384 e. The summed E-state index contributed by atoms with van der Waals surface area (Å²) in [5.41, 5.74) is 0.503. The van der Waals surface area contributed by atoms with Gasteiger partial charge in [-0.15, -0.1) is 0 Å². The van der Waals surface area contributed by atoms with Gasteiger partial charge in [0, 0.05) is 19.1 Å². The van der Waals surface area contributed by atoms with Gasteiger partial charge in [-0.2, -0.15) is 0 Å². The number of para-hydroxylation sites is 1. The van der Waals surface area contributed by atoms with Crippen molar-refractivity contribution < 1.29 is 14.3 Å². The maximum absolute atomic E-state index is 13.5. The van der Waals surface area contributed by atoms with E-state index < -0.39 is 6.10 Å². The van der Waals surface area contributed by atoms with Crippen molar-refractivity contribution in [3.05, 3.63) is 30.1 Å².